The number of hydrogen-bond donors (Lipinski definition) is 2. The van der Waals surface area contributed by atoms with E-state index in [1.807, 2.05) is 106 Å². The predicted molar refractivity (Wildman–Crippen MR) is 291 cm³/mol. The molecule has 16 heteroatoms. The summed E-state index contributed by atoms with van der Waals surface area (Å²) in [7, 11) is 1.92. The third-order valence-corrected chi connectivity index (χ3v) is 15.4. The maximum atomic E-state index is 14.0. The summed E-state index contributed by atoms with van der Waals surface area (Å²) in [6, 6.07) is 30.0. The lowest BCUT2D eigenvalue weighted by Crippen LogP contribution is -2.46. The molecule has 15 nitrogen and oxygen atoms in total. The SMILES string of the molecule is Cc1c(OCCCCCCCN2CCN(c3ccc4c(C5CCC(=O)NC5=O)nn(C)c4c3)CC2)cccc1-c1ccc(N2CCc3cccc(C(=O)Nc4nc5ccccc5s4)c3C2)nc1C(=O)OC(C)(C)C. The molecule has 3 aliphatic rings. The van der Waals surface area contributed by atoms with E-state index in [2.05, 4.69) is 54.6 Å². The van der Waals surface area contributed by atoms with E-state index in [1.54, 1.807) is 0 Å². The number of amides is 3. The number of fused-ring (bicyclic) bond motifs is 3. The molecule has 0 spiro atoms. The van der Waals surface area contributed by atoms with Crippen LogP contribution in [0.15, 0.2) is 91.0 Å². The fourth-order valence-corrected chi connectivity index (χ4v) is 11.4. The predicted octanol–water partition coefficient (Wildman–Crippen LogP) is 10.00. The summed E-state index contributed by atoms with van der Waals surface area (Å²) < 4.78 is 15.2. The number of nitrogens with zero attached hydrogens (tertiary/aromatic N) is 7. The van der Waals surface area contributed by atoms with Crippen LogP contribution in [0.3, 0.4) is 0 Å². The number of para-hydroxylation sites is 1. The number of unbranched alkanes of at least 4 members (excludes halogenated alkanes) is 4. The number of carbonyl (C=O) groups excluding carboxylic acids is 4. The van der Waals surface area contributed by atoms with Gasteiger partial charge in [0.2, 0.25) is 11.8 Å². The zero-order valence-electron chi connectivity index (χ0n) is 43.0. The van der Waals surface area contributed by atoms with Crippen LogP contribution in [0.5, 0.6) is 5.75 Å². The highest BCUT2D eigenvalue weighted by atomic mass is 32.1. The van der Waals surface area contributed by atoms with Gasteiger partial charge in [-0.15, -0.1) is 0 Å². The molecule has 3 aromatic heterocycles. The average Bonchev–Trinajstić information content (AvgIpc) is 3.96. The fourth-order valence-electron chi connectivity index (χ4n) is 10.5. The number of aromatic nitrogens is 4. The number of piperidine rings is 1. The highest BCUT2D eigenvalue weighted by molar-refractivity contribution is 7.22. The van der Waals surface area contributed by atoms with Crippen molar-refractivity contribution in [3.8, 4) is 16.9 Å². The minimum Gasteiger partial charge on any atom is -0.493 e. The summed E-state index contributed by atoms with van der Waals surface area (Å²) in [5.74, 6) is -0.179. The van der Waals surface area contributed by atoms with Crippen molar-refractivity contribution in [3.63, 3.8) is 0 Å². The summed E-state index contributed by atoms with van der Waals surface area (Å²) in [5, 5.41) is 11.7. The molecule has 10 rings (SSSR count). The standard InChI is InChI=1S/C58H65N9O6S/c1-37-40(41-23-25-50(60-53(41)56(71)73-58(2,3)4)67-29-27-38-15-13-17-42(45(38)36-67)54(69)62-57-59-46-18-9-10-20-49(46)74-57)16-14-19-48(37)72-34-12-8-6-7-11-28-65-30-32-66(33-31-65)39-21-22-43-47(35-39)64(5)63-52(43)44-24-26-51(68)61-55(44)70/h9-10,13-23,25,35,44H,6-8,11-12,24,26-34,36H2,1-5H3,(H,59,62,69)(H,61,68,70). The number of carbonyl (C=O) groups is 4. The first-order valence-corrected chi connectivity index (χ1v) is 26.9. The van der Waals surface area contributed by atoms with Gasteiger partial charge in [-0.05, 0) is 137 Å². The minimum absolute atomic E-state index is 0.208. The number of hydrogen-bond acceptors (Lipinski definition) is 13. The van der Waals surface area contributed by atoms with Gasteiger partial charge in [0.25, 0.3) is 5.91 Å². The number of aryl methyl sites for hydroxylation is 1. The van der Waals surface area contributed by atoms with E-state index in [1.165, 1.54) is 17.8 Å². The molecule has 2 saturated heterocycles. The Bertz CT molecular complexity index is 3210. The Morgan fingerprint density at radius 3 is 2.43 bits per heavy atom. The normalized spacial score (nSPS) is 16.4. The Kier molecular flexibility index (Phi) is 14.8. The van der Waals surface area contributed by atoms with E-state index in [9.17, 15) is 19.2 Å². The number of esters is 1. The van der Waals surface area contributed by atoms with Crippen molar-refractivity contribution in [3.05, 3.63) is 125 Å². The summed E-state index contributed by atoms with van der Waals surface area (Å²) in [6.45, 7) is 14.3. The quantitative estimate of drug-likeness (QED) is 0.0536. The highest BCUT2D eigenvalue weighted by Gasteiger charge is 2.32. The molecule has 0 radical (unpaired) electrons. The number of pyridine rings is 1. The van der Waals surface area contributed by atoms with E-state index >= 15 is 0 Å². The van der Waals surface area contributed by atoms with Gasteiger partial charge in [-0.3, -0.25) is 34.6 Å². The Balaban J connectivity index is 0.711. The van der Waals surface area contributed by atoms with Crippen molar-refractivity contribution >= 4 is 72.8 Å². The van der Waals surface area contributed by atoms with Crippen LogP contribution in [-0.2, 0) is 34.3 Å². The molecular weight excluding hydrogens is 951 g/mol. The number of benzene rings is 4. The molecule has 3 aliphatic heterocycles. The van der Waals surface area contributed by atoms with Crippen molar-refractivity contribution in [2.45, 2.75) is 97.1 Å². The molecular formula is C58H65N9O6S. The van der Waals surface area contributed by atoms with Gasteiger partial charge in [0.05, 0.1) is 34.0 Å². The molecule has 384 valence electrons. The lowest BCUT2D eigenvalue weighted by molar-refractivity contribution is -0.134. The van der Waals surface area contributed by atoms with Gasteiger partial charge in [-0.25, -0.2) is 14.8 Å². The van der Waals surface area contributed by atoms with Crippen LogP contribution < -0.4 is 25.2 Å². The lowest BCUT2D eigenvalue weighted by Gasteiger charge is -2.36. The summed E-state index contributed by atoms with van der Waals surface area (Å²) in [5.41, 5.74) is 8.35. The molecule has 2 N–H and O–H groups in total. The second kappa shape index (κ2) is 21.7. The maximum Gasteiger partial charge on any atom is 0.358 e. The smallest absolute Gasteiger partial charge is 0.358 e. The number of ether oxygens (including phenoxy) is 2. The number of imide groups is 1. The van der Waals surface area contributed by atoms with E-state index in [0.717, 1.165) is 119 Å². The van der Waals surface area contributed by atoms with Crippen LogP contribution in [0.2, 0.25) is 0 Å². The molecule has 74 heavy (non-hydrogen) atoms. The van der Waals surface area contributed by atoms with Crippen LogP contribution in [0.1, 0.15) is 115 Å². The van der Waals surface area contributed by atoms with Gasteiger partial charge in [0, 0.05) is 74.9 Å². The number of nitrogens with one attached hydrogen (secondary N) is 2. The third-order valence-electron chi connectivity index (χ3n) is 14.4. The third kappa shape index (κ3) is 11.2. The van der Waals surface area contributed by atoms with Gasteiger partial charge >= 0.3 is 5.97 Å². The van der Waals surface area contributed by atoms with Crippen LogP contribution in [-0.4, -0.2) is 99.8 Å². The number of thiazole rings is 1. The molecule has 3 amide bonds. The van der Waals surface area contributed by atoms with Crippen LogP contribution in [0, 0.1) is 6.92 Å². The fraction of sp³-hybridized carbons (Fsp3) is 0.397. The van der Waals surface area contributed by atoms with Crippen LogP contribution >= 0.6 is 11.3 Å². The molecule has 1 unspecified atom stereocenters. The van der Waals surface area contributed by atoms with Crippen molar-refractivity contribution in [2.75, 3.05) is 61.0 Å². The molecule has 7 aromatic rings. The average molecular weight is 1020 g/mol. The Hall–Kier alpha value is -7.17. The molecule has 0 bridgehead atoms. The maximum absolute atomic E-state index is 14.0. The molecule has 1 atom stereocenters. The molecule has 0 aliphatic carbocycles. The first-order chi connectivity index (χ1) is 35.8. The number of anilines is 3. The van der Waals surface area contributed by atoms with Gasteiger partial charge in [0.15, 0.2) is 10.8 Å². The molecule has 2 fully saturated rings. The Morgan fingerprint density at radius 1 is 0.824 bits per heavy atom. The van der Waals surface area contributed by atoms with Gasteiger partial charge in [-0.2, -0.15) is 5.10 Å². The highest BCUT2D eigenvalue weighted by Crippen LogP contribution is 2.37. The second-order valence-electron chi connectivity index (χ2n) is 20.7. The monoisotopic (exact) mass is 1020 g/mol. The topological polar surface area (TPSA) is 164 Å². The zero-order valence-corrected chi connectivity index (χ0v) is 43.9. The summed E-state index contributed by atoms with van der Waals surface area (Å²) in [6.07, 6.45) is 7.04. The van der Waals surface area contributed by atoms with E-state index in [0.29, 0.717) is 61.0 Å². The van der Waals surface area contributed by atoms with Gasteiger partial charge in [0.1, 0.15) is 17.2 Å². The molecule has 4 aromatic carbocycles. The van der Waals surface area contributed by atoms with Crippen LogP contribution in [0.4, 0.5) is 16.6 Å². The van der Waals surface area contributed by atoms with E-state index in [-0.39, 0.29) is 23.4 Å². The number of rotatable bonds is 16. The van der Waals surface area contributed by atoms with E-state index < -0.39 is 17.5 Å². The molecule has 0 saturated carbocycles. The van der Waals surface area contributed by atoms with Crippen LogP contribution in [0.25, 0.3) is 32.2 Å². The van der Waals surface area contributed by atoms with Crippen molar-refractivity contribution < 1.29 is 28.7 Å². The van der Waals surface area contributed by atoms with Gasteiger partial charge < -0.3 is 19.3 Å². The van der Waals surface area contributed by atoms with E-state index in [4.69, 9.17) is 19.6 Å². The van der Waals surface area contributed by atoms with Crippen molar-refractivity contribution in [1.29, 1.82) is 0 Å². The summed E-state index contributed by atoms with van der Waals surface area (Å²) >= 11 is 1.45. The van der Waals surface area contributed by atoms with Crippen molar-refractivity contribution in [1.82, 2.24) is 30.0 Å². The Labute approximate surface area is 436 Å². The first-order valence-electron chi connectivity index (χ1n) is 26.0. The summed E-state index contributed by atoms with van der Waals surface area (Å²) in [4.78, 5) is 68.9. The second-order valence-corrected chi connectivity index (χ2v) is 21.7. The largest absolute Gasteiger partial charge is 0.493 e. The molecule has 6 heterocycles. The lowest BCUT2D eigenvalue weighted by atomic mass is 9.93. The van der Waals surface area contributed by atoms with Gasteiger partial charge in [-0.1, -0.05) is 67.0 Å². The van der Waals surface area contributed by atoms with Crippen molar-refractivity contribution in [2.24, 2.45) is 7.05 Å². The zero-order chi connectivity index (χ0) is 51.5. The minimum atomic E-state index is -0.731. The first kappa shape index (κ1) is 50.4. The number of piperazine rings is 1. The Morgan fingerprint density at radius 2 is 1.62 bits per heavy atom.